The fraction of sp³-hybridized carbons (Fsp3) is 0.833. The molecule has 0 spiro atoms. The van der Waals surface area contributed by atoms with Crippen LogP contribution in [0.1, 0.15) is 32.6 Å². The van der Waals surface area contributed by atoms with Gasteiger partial charge in [-0.25, -0.2) is 0 Å². The summed E-state index contributed by atoms with van der Waals surface area (Å²) in [4.78, 5) is 12.3. The molecule has 0 aromatic rings. The molecule has 1 aliphatic heterocycles. The summed E-state index contributed by atoms with van der Waals surface area (Å²) in [5.74, 6) is 0.263. The highest BCUT2D eigenvalue weighted by Gasteiger charge is 2.41. The molecule has 1 amide bonds. The first kappa shape index (κ1) is 12.8. The van der Waals surface area contributed by atoms with Crippen LogP contribution in [0.25, 0.3) is 0 Å². The highest BCUT2D eigenvalue weighted by molar-refractivity contribution is 7.80. The van der Waals surface area contributed by atoms with Crippen LogP contribution in [0.15, 0.2) is 0 Å². The molecule has 3 atom stereocenters. The van der Waals surface area contributed by atoms with Gasteiger partial charge in [0.15, 0.2) is 0 Å². The Morgan fingerprint density at radius 2 is 2.24 bits per heavy atom. The van der Waals surface area contributed by atoms with Gasteiger partial charge in [-0.3, -0.25) is 4.79 Å². The standard InChI is InChI=1S/C12H20N2O2S/c1-2-8(11(13)17)12(15)14-9-5-6-16-10(9)7-3-4-7/h7-10H,2-6H2,1H3,(H2,13,17)(H,14,15). The smallest absolute Gasteiger partial charge is 0.230 e. The van der Waals surface area contributed by atoms with E-state index in [2.05, 4.69) is 5.32 Å². The Bertz CT molecular complexity index is 318. The largest absolute Gasteiger partial charge is 0.393 e. The van der Waals surface area contributed by atoms with E-state index in [0.29, 0.717) is 12.3 Å². The van der Waals surface area contributed by atoms with Gasteiger partial charge in [-0.15, -0.1) is 0 Å². The Balaban J connectivity index is 1.90. The molecule has 2 rings (SSSR count). The molecule has 4 nitrogen and oxygen atoms in total. The van der Waals surface area contributed by atoms with Crippen molar-refractivity contribution in [2.75, 3.05) is 6.61 Å². The van der Waals surface area contributed by atoms with Gasteiger partial charge in [0.05, 0.1) is 23.1 Å². The van der Waals surface area contributed by atoms with Crippen molar-refractivity contribution in [3.63, 3.8) is 0 Å². The van der Waals surface area contributed by atoms with Crippen LogP contribution in [0.4, 0.5) is 0 Å². The molecule has 1 saturated heterocycles. The maximum absolute atomic E-state index is 12.0. The van der Waals surface area contributed by atoms with E-state index in [1.165, 1.54) is 12.8 Å². The molecule has 3 unspecified atom stereocenters. The van der Waals surface area contributed by atoms with Gasteiger partial charge in [0, 0.05) is 6.61 Å². The molecule has 0 aromatic carbocycles. The number of amides is 1. The van der Waals surface area contributed by atoms with Gasteiger partial charge in [0.25, 0.3) is 0 Å². The van der Waals surface area contributed by atoms with Crippen LogP contribution in [-0.2, 0) is 9.53 Å². The van der Waals surface area contributed by atoms with Crippen molar-refractivity contribution in [3.8, 4) is 0 Å². The van der Waals surface area contributed by atoms with Crippen LogP contribution in [0.3, 0.4) is 0 Å². The lowest BCUT2D eigenvalue weighted by Crippen LogP contribution is -2.46. The number of hydrogen-bond acceptors (Lipinski definition) is 3. The predicted octanol–water partition coefficient (Wildman–Crippen LogP) is 0.982. The van der Waals surface area contributed by atoms with Crippen LogP contribution in [0.2, 0.25) is 0 Å². The van der Waals surface area contributed by atoms with Gasteiger partial charge >= 0.3 is 0 Å². The van der Waals surface area contributed by atoms with E-state index in [1.807, 2.05) is 6.92 Å². The second-order valence-electron chi connectivity index (χ2n) is 4.94. The molecular formula is C12H20N2O2S. The zero-order valence-electron chi connectivity index (χ0n) is 10.1. The molecule has 0 bridgehead atoms. The summed E-state index contributed by atoms with van der Waals surface area (Å²) in [7, 11) is 0. The SMILES string of the molecule is CCC(C(=O)NC1CCOC1C1CC1)C(N)=S. The number of ether oxygens (including phenoxy) is 1. The first-order chi connectivity index (χ1) is 8.13. The molecule has 3 N–H and O–H groups in total. The maximum Gasteiger partial charge on any atom is 0.230 e. The van der Waals surface area contributed by atoms with Gasteiger partial charge in [0.2, 0.25) is 5.91 Å². The lowest BCUT2D eigenvalue weighted by molar-refractivity contribution is -0.124. The van der Waals surface area contributed by atoms with Gasteiger partial charge in [-0.2, -0.15) is 0 Å². The van der Waals surface area contributed by atoms with Crippen LogP contribution in [0, 0.1) is 11.8 Å². The van der Waals surface area contributed by atoms with E-state index in [1.54, 1.807) is 0 Å². The van der Waals surface area contributed by atoms with Crippen molar-refractivity contribution >= 4 is 23.1 Å². The summed E-state index contributed by atoms with van der Waals surface area (Å²) in [5, 5.41) is 3.05. The number of thiocarbonyl (C=S) groups is 1. The Labute approximate surface area is 107 Å². The van der Waals surface area contributed by atoms with Gasteiger partial charge in [-0.05, 0) is 31.6 Å². The Morgan fingerprint density at radius 1 is 1.53 bits per heavy atom. The minimum absolute atomic E-state index is 0.0406. The van der Waals surface area contributed by atoms with E-state index in [9.17, 15) is 4.79 Å². The molecule has 1 heterocycles. The van der Waals surface area contributed by atoms with Gasteiger partial charge in [-0.1, -0.05) is 19.1 Å². The van der Waals surface area contributed by atoms with Crippen molar-refractivity contribution in [3.05, 3.63) is 0 Å². The fourth-order valence-electron chi connectivity index (χ4n) is 2.45. The molecule has 1 saturated carbocycles. The predicted molar refractivity (Wildman–Crippen MR) is 69.6 cm³/mol. The lowest BCUT2D eigenvalue weighted by Gasteiger charge is -2.22. The molecule has 17 heavy (non-hydrogen) atoms. The maximum atomic E-state index is 12.0. The quantitative estimate of drug-likeness (QED) is 0.720. The van der Waals surface area contributed by atoms with E-state index in [-0.39, 0.29) is 29.0 Å². The molecule has 2 aliphatic rings. The van der Waals surface area contributed by atoms with E-state index in [4.69, 9.17) is 22.7 Å². The average Bonchev–Trinajstić information content (AvgIpc) is 3.00. The topological polar surface area (TPSA) is 64.3 Å². The number of hydrogen-bond donors (Lipinski definition) is 2. The van der Waals surface area contributed by atoms with Crippen LogP contribution >= 0.6 is 12.2 Å². The lowest BCUT2D eigenvalue weighted by atomic mass is 10.0. The average molecular weight is 256 g/mol. The molecule has 96 valence electrons. The third kappa shape index (κ3) is 2.96. The first-order valence-electron chi connectivity index (χ1n) is 6.34. The third-order valence-electron chi connectivity index (χ3n) is 3.62. The van der Waals surface area contributed by atoms with Crippen molar-refractivity contribution in [1.82, 2.24) is 5.32 Å². The Hall–Kier alpha value is -0.680. The molecule has 2 fully saturated rings. The number of nitrogens with two attached hydrogens (primary N) is 1. The van der Waals surface area contributed by atoms with E-state index >= 15 is 0 Å². The summed E-state index contributed by atoms with van der Waals surface area (Å²) in [6.45, 7) is 2.67. The highest BCUT2D eigenvalue weighted by Crippen LogP contribution is 2.38. The van der Waals surface area contributed by atoms with Crippen LogP contribution in [-0.4, -0.2) is 29.6 Å². The third-order valence-corrected chi connectivity index (χ3v) is 3.90. The molecule has 0 radical (unpaired) electrons. The second-order valence-corrected chi connectivity index (χ2v) is 5.41. The van der Waals surface area contributed by atoms with Crippen molar-refractivity contribution < 1.29 is 9.53 Å². The zero-order chi connectivity index (χ0) is 12.4. The van der Waals surface area contributed by atoms with E-state index in [0.717, 1.165) is 13.0 Å². The molecule has 5 heteroatoms. The van der Waals surface area contributed by atoms with Crippen LogP contribution < -0.4 is 11.1 Å². The number of carbonyl (C=O) groups excluding carboxylic acids is 1. The minimum atomic E-state index is -0.342. The Morgan fingerprint density at radius 3 is 2.76 bits per heavy atom. The zero-order valence-corrected chi connectivity index (χ0v) is 11.0. The van der Waals surface area contributed by atoms with E-state index < -0.39 is 0 Å². The summed E-state index contributed by atoms with van der Waals surface area (Å²) >= 11 is 4.91. The summed E-state index contributed by atoms with van der Waals surface area (Å²) in [6.07, 6.45) is 4.22. The Kier molecular flexibility index (Phi) is 3.99. The van der Waals surface area contributed by atoms with Gasteiger partial charge < -0.3 is 15.8 Å². The minimum Gasteiger partial charge on any atom is -0.393 e. The fourth-order valence-corrected chi connectivity index (χ4v) is 2.73. The van der Waals surface area contributed by atoms with Gasteiger partial charge in [0.1, 0.15) is 0 Å². The monoisotopic (exact) mass is 256 g/mol. The summed E-state index contributed by atoms with van der Waals surface area (Å²) in [6, 6.07) is 0.151. The van der Waals surface area contributed by atoms with Crippen molar-refractivity contribution in [2.24, 2.45) is 17.6 Å². The second kappa shape index (κ2) is 5.31. The number of rotatable bonds is 5. The van der Waals surface area contributed by atoms with Crippen LogP contribution in [0.5, 0.6) is 0 Å². The van der Waals surface area contributed by atoms with Crippen molar-refractivity contribution in [1.29, 1.82) is 0 Å². The normalized spacial score (nSPS) is 29.9. The molecule has 1 aliphatic carbocycles. The molecule has 0 aromatic heterocycles. The number of carbonyl (C=O) groups is 1. The van der Waals surface area contributed by atoms with Crippen molar-refractivity contribution in [2.45, 2.75) is 44.8 Å². The summed E-state index contributed by atoms with van der Waals surface area (Å²) < 4.78 is 5.69. The molecular weight excluding hydrogens is 236 g/mol. The summed E-state index contributed by atoms with van der Waals surface area (Å²) in [5.41, 5.74) is 5.57. The first-order valence-corrected chi connectivity index (χ1v) is 6.75. The highest BCUT2D eigenvalue weighted by atomic mass is 32.1. The number of nitrogens with one attached hydrogen (secondary N) is 1.